The molecule has 0 atom stereocenters. The summed E-state index contributed by atoms with van der Waals surface area (Å²) in [6, 6.07) is 78.2. The van der Waals surface area contributed by atoms with E-state index in [2.05, 4.69) is 182 Å². The Morgan fingerprint density at radius 3 is 1.36 bits per heavy atom. The van der Waals surface area contributed by atoms with E-state index in [4.69, 9.17) is 9.97 Å². The molecule has 10 rings (SSSR count). The van der Waals surface area contributed by atoms with E-state index in [1.165, 1.54) is 44.5 Å². The third-order valence-electron chi connectivity index (χ3n) is 11.0. The molecule has 0 radical (unpaired) electrons. The van der Waals surface area contributed by atoms with Crippen molar-refractivity contribution >= 4 is 0 Å². The summed E-state index contributed by atoms with van der Waals surface area (Å²) in [6.45, 7) is 0. The summed E-state index contributed by atoms with van der Waals surface area (Å²) in [5.41, 5.74) is 17.0. The van der Waals surface area contributed by atoms with Crippen LogP contribution < -0.4 is 0 Å². The zero-order valence-corrected chi connectivity index (χ0v) is 30.2. The molecule has 55 heavy (non-hydrogen) atoms. The number of fused-ring (bicyclic) bond motifs is 3. The van der Waals surface area contributed by atoms with Crippen molar-refractivity contribution in [3.63, 3.8) is 0 Å². The Hall–Kier alpha value is -7.16. The lowest BCUT2D eigenvalue weighted by Gasteiger charge is -2.33. The molecule has 1 aromatic heterocycles. The van der Waals surface area contributed by atoms with E-state index in [0.717, 1.165) is 39.2 Å². The van der Waals surface area contributed by atoms with Crippen LogP contribution in [0.15, 0.2) is 218 Å². The Morgan fingerprint density at radius 2 is 0.727 bits per heavy atom. The van der Waals surface area contributed by atoms with Crippen molar-refractivity contribution in [2.24, 2.45) is 0 Å². The molecule has 0 spiro atoms. The highest BCUT2D eigenvalue weighted by molar-refractivity contribution is 5.89. The van der Waals surface area contributed by atoms with Gasteiger partial charge < -0.3 is 0 Å². The zero-order valence-electron chi connectivity index (χ0n) is 30.2. The highest BCUT2D eigenvalue weighted by Crippen LogP contribution is 2.56. The van der Waals surface area contributed by atoms with Crippen LogP contribution in [-0.4, -0.2) is 9.97 Å². The molecule has 1 heterocycles. The minimum atomic E-state index is -0.394. The number of hydrogen-bond donors (Lipinski definition) is 0. The first-order valence-corrected chi connectivity index (χ1v) is 18.8. The van der Waals surface area contributed by atoms with Gasteiger partial charge in [0, 0.05) is 16.7 Å². The number of hydrogen-bond acceptors (Lipinski definition) is 2. The molecule has 2 nitrogen and oxygen atoms in total. The fourth-order valence-electron chi connectivity index (χ4n) is 8.41. The summed E-state index contributed by atoms with van der Waals surface area (Å²) >= 11 is 0. The van der Waals surface area contributed by atoms with Gasteiger partial charge in [0.1, 0.15) is 0 Å². The van der Waals surface area contributed by atoms with Crippen molar-refractivity contribution < 1.29 is 0 Å². The van der Waals surface area contributed by atoms with Crippen molar-refractivity contribution in [1.29, 1.82) is 0 Å². The van der Waals surface area contributed by atoms with Gasteiger partial charge in [-0.3, -0.25) is 0 Å². The molecule has 258 valence electrons. The molecule has 9 aromatic rings. The van der Waals surface area contributed by atoms with E-state index in [9.17, 15) is 0 Å². The van der Waals surface area contributed by atoms with Gasteiger partial charge in [-0.25, -0.2) is 9.97 Å². The fraction of sp³-hybridized carbons (Fsp3) is 0.0189. The summed E-state index contributed by atoms with van der Waals surface area (Å²) in [4.78, 5) is 10.1. The molecule has 0 N–H and O–H groups in total. The lowest BCUT2D eigenvalue weighted by atomic mass is 9.67. The quantitative estimate of drug-likeness (QED) is 0.165. The van der Waals surface area contributed by atoms with Gasteiger partial charge in [0.05, 0.1) is 16.8 Å². The molecule has 0 saturated carbocycles. The Kier molecular flexibility index (Phi) is 8.08. The molecular weight excluding hydrogens is 665 g/mol. The van der Waals surface area contributed by atoms with E-state index in [1.807, 2.05) is 36.4 Å². The number of benzene rings is 8. The molecule has 0 unspecified atom stereocenters. The summed E-state index contributed by atoms with van der Waals surface area (Å²) in [5, 5.41) is 0. The highest BCUT2D eigenvalue weighted by Gasteiger charge is 2.45. The number of nitrogens with zero attached hydrogens (tertiary/aromatic N) is 2. The van der Waals surface area contributed by atoms with Gasteiger partial charge in [-0.2, -0.15) is 0 Å². The van der Waals surface area contributed by atoms with Crippen LogP contribution in [0.1, 0.15) is 22.3 Å². The van der Waals surface area contributed by atoms with E-state index in [0.29, 0.717) is 5.82 Å². The van der Waals surface area contributed by atoms with E-state index >= 15 is 0 Å². The van der Waals surface area contributed by atoms with Crippen LogP contribution in [0.25, 0.3) is 67.3 Å². The molecule has 0 fully saturated rings. The normalized spacial score (nSPS) is 12.5. The molecule has 1 aliphatic carbocycles. The van der Waals surface area contributed by atoms with Crippen LogP contribution in [0.4, 0.5) is 0 Å². The van der Waals surface area contributed by atoms with Gasteiger partial charge in [-0.15, -0.1) is 0 Å². The van der Waals surface area contributed by atoms with Crippen molar-refractivity contribution in [2.75, 3.05) is 0 Å². The van der Waals surface area contributed by atoms with Crippen LogP contribution in [0, 0.1) is 0 Å². The van der Waals surface area contributed by atoms with Gasteiger partial charge in [0.15, 0.2) is 5.82 Å². The minimum absolute atomic E-state index is 0.394. The molecule has 0 amide bonds. The summed E-state index contributed by atoms with van der Waals surface area (Å²) in [5.74, 6) is 0.716. The van der Waals surface area contributed by atoms with Crippen molar-refractivity contribution in [2.45, 2.75) is 5.41 Å². The molecule has 0 saturated heterocycles. The Labute approximate surface area is 322 Å². The fourth-order valence-corrected chi connectivity index (χ4v) is 8.41. The van der Waals surface area contributed by atoms with E-state index in [1.54, 1.807) is 0 Å². The van der Waals surface area contributed by atoms with Gasteiger partial charge >= 0.3 is 0 Å². The third-order valence-corrected chi connectivity index (χ3v) is 11.0. The van der Waals surface area contributed by atoms with Crippen LogP contribution in [0.3, 0.4) is 0 Å². The van der Waals surface area contributed by atoms with Crippen molar-refractivity contribution in [3.8, 4) is 67.3 Å². The lowest BCUT2D eigenvalue weighted by Crippen LogP contribution is -2.28. The topological polar surface area (TPSA) is 25.8 Å². The Morgan fingerprint density at radius 1 is 0.273 bits per heavy atom. The monoisotopic (exact) mass is 700 g/mol. The molecule has 2 heteroatoms. The van der Waals surface area contributed by atoms with Gasteiger partial charge in [0.2, 0.25) is 0 Å². The first kappa shape index (κ1) is 32.5. The lowest BCUT2D eigenvalue weighted by molar-refractivity contribution is 0.768. The Bertz CT molecular complexity index is 2680. The summed E-state index contributed by atoms with van der Waals surface area (Å²) in [6.07, 6.45) is 0. The van der Waals surface area contributed by atoms with Crippen LogP contribution >= 0.6 is 0 Å². The van der Waals surface area contributed by atoms with Gasteiger partial charge in [-0.1, -0.05) is 200 Å². The third kappa shape index (κ3) is 5.67. The summed E-state index contributed by atoms with van der Waals surface area (Å²) < 4.78 is 0. The minimum Gasteiger partial charge on any atom is -0.228 e. The van der Waals surface area contributed by atoms with Crippen molar-refractivity contribution in [1.82, 2.24) is 9.97 Å². The largest absolute Gasteiger partial charge is 0.228 e. The second-order valence-electron chi connectivity index (χ2n) is 14.1. The molecular formula is C53H36N2. The number of aromatic nitrogens is 2. The first-order valence-electron chi connectivity index (χ1n) is 18.8. The molecule has 0 bridgehead atoms. The van der Waals surface area contributed by atoms with E-state index < -0.39 is 5.41 Å². The van der Waals surface area contributed by atoms with Gasteiger partial charge in [-0.05, 0) is 73.8 Å². The molecule has 8 aromatic carbocycles. The second kappa shape index (κ2) is 13.7. The smallest absolute Gasteiger partial charge is 0.160 e. The SMILES string of the molecule is c1ccc(-c2cc(-c3cccc(-c4ccc(-c5ccc6c(c5)-c5ccccc5C6(c5ccccc5)c5ccccc5)cc4)c3)nc(-c3ccccc3)n2)cc1. The Balaban J connectivity index is 1.02. The van der Waals surface area contributed by atoms with Gasteiger partial charge in [0.25, 0.3) is 0 Å². The standard InChI is InChI=1S/C53H36N2/c1-5-16-39(17-6-1)50-36-51(55-52(54-50)40-18-7-2-8-19-40)43-21-15-20-41(34-43)37-28-30-38(31-29-37)42-32-33-49-47(35-42)46-26-13-14-27-48(46)53(49,44-22-9-3-10-23-44)45-24-11-4-12-25-45/h1-36H. The maximum absolute atomic E-state index is 5.07. The molecule has 1 aliphatic rings. The summed E-state index contributed by atoms with van der Waals surface area (Å²) in [7, 11) is 0. The predicted molar refractivity (Wildman–Crippen MR) is 227 cm³/mol. The van der Waals surface area contributed by atoms with Crippen LogP contribution in [0.2, 0.25) is 0 Å². The predicted octanol–water partition coefficient (Wildman–Crippen LogP) is 13.2. The van der Waals surface area contributed by atoms with E-state index in [-0.39, 0.29) is 0 Å². The first-order chi connectivity index (χ1) is 27.3. The van der Waals surface area contributed by atoms with Crippen LogP contribution in [0.5, 0.6) is 0 Å². The zero-order chi connectivity index (χ0) is 36.6. The molecule has 0 aliphatic heterocycles. The second-order valence-corrected chi connectivity index (χ2v) is 14.1. The van der Waals surface area contributed by atoms with Crippen LogP contribution in [-0.2, 0) is 5.41 Å². The highest BCUT2D eigenvalue weighted by atomic mass is 14.9. The van der Waals surface area contributed by atoms with Crippen molar-refractivity contribution in [3.05, 3.63) is 241 Å². The maximum atomic E-state index is 5.07. The average Bonchev–Trinajstić information content (AvgIpc) is 3.58. The number of rotatable bonds is 7. The average molecular weight is 701 g/mol. The maximum Gasteiger partial charge on any atom is 0.160 e.